The molecule has 1 aliphatic heterocycles. The van der Waals surface area contributed by atoms with Gasteiger partial charge in [0.25, 0.3) is 0 Å². The Bertz CT molecular complexity index is 615. The Balaban J connectivity index is 1.88. The zero-order valence-electron chi connectivity index (χ0n) is 12.4. The van der Waals surface area contributed by atoms with Crippen molar-refractivity contribution in [1.29, 1.82) is 0 Å². The highest BCUT2D eigenvalue weighted by Gasteiger charge is 2.43. The van der Waals surface area contributed by atoms with E-state index in [-0.39, 0.29) is 11.5 Å². The SMILES string of the molecule is O=C(C=Cc1ccc(O)c(O)c1)OC[C@H]1OC(O)[C@H](O)[C@@H](O)[C@@H]1O. The second-order valence-corrected chi connectivity index (χ2v) is 5.25. The number of aromatic hydroxyl groups is 2. The number of phenols is 2. The van der Waals surface area contributed by atoms with Gasteiger partial charge in [0.1, 0.15) is 31.0 Å². The number of rotatable bonds is 4. The molecule has 1 unspecified atom stereocenters. The number of carbonyl (C=O) groups is 1. The molecular weight excluding hydrogens is 324 g/mol. The average molecular weight is 342 g/mol. The summed E-state index contributed by atoms with van der Waals surface area (Å²) < 4.78 is 9.69. The molecule has 5 atom stereocenters. The lowest BCUT2D eigenvalue weighted by Gasteiger charge is -2.37. The molecule has 0 bridgehead atoms. The van der Waals surface area contributed by atoms with Crippen molar-refractivity contribution >= 4 is 12.0 Å². The van der Waals surface area contributed by atoms with Gasteiger partial charge in [0.2, 0.25) is 0 Å². The average Bonchev–Trinajstić information content (AvgIpc) is 2.56. The number of aliphatic hydroxyl groups excluding tert-OH is 4. The molecule has 0 saturated carbocycles. The summed E-state index contributed by atoms with van der Waals surface area (Å²) in [6.07, 6.45) is -5.36. The standard InChI is InChI=1S/C15H18O9/c16-8-3-1-7(5-9(8)17)2-4-11(18)23-6-10-12(19)13(20)14(21)15(22)24-10/h1-5,10,12-17,19-22H,6H2/t10-,12-,13+,14-,15?/m1/s1. The van der Waals surface area contributed by atoms with Crippen LogP contribution in [0.2, 0.25) is 0 Å². The zero-order chi connectivity index (χ0) is 17.9. The van der Waals surface area contributed by atoms with E-state index < -0.39 is 43.3 Å². The molecule has 1 saturated heterocycles. The van der Waals surface area contributed by atoms with Crippen LogP contribution in [0.3, 0.4) is 0 Å². The molecule has 1 aromatic rings. The number of hydrogen-bond acceptors (Lipinski definition) is 9. The molecule has 0 spiro atoms. The van der Waals surface area contributed by atoms with Gasteiger partial charge in [-0.2, -0.15) is 0 Å². The van der Waals surface area contributed by atoms with Crippen LogP contribution >= 0.6 is 0 Å². The van der Waals surface area contributed by atoms with Crippen molar-refractivity contribution in [2.75, 3.05) is 6.61 Å². The van der Waals surface area contributed by atoms with E-state index in [1.807, 2.05) is 0 Å². The summed E-state index contributed by atoms with van der Waals surface area (Å²) in [6.45, 7) is -0.452. The minimum Gasteiger partial charge on any atom is -0.504 e. The fourth-order valence-corrected chi connectivity index (χ4v) is 2.09. The van der Waals surface area contributed by atoms with Gasteiger partial charge in [0.05, 0.1) is 0 Å². The van der Waals surface area contributed by atoms with Crippen LogP contribution in [0.1, 0.15) is 5.56 Å². The fourth-order valence-electron chi connectivity index (χ4n) is 2.09. The van der Waals surface area contributed by atoms with Gasteiger partial charge in [-0.15, -0.1) is 0 Å². The molecule has 0 aliphatic carbocycles. The van der Waals surface area contributed by atoms with Gasteiger partial charge in [0.15, 0.2) is 17.8 Å². The second-order valence-electron chi connectivity index (χ2n) is 5.25. The van der Waals surface area contributed by atoms with Gasteiger partial charge in [0, 0.05) is 6.08 Å². The Kier molecular flexibility index (Phi) is 5.75. The Labute approximate surface area is 136 Å². The topological polar surface area (TPSA) is 157 Å². The van der Waals surface area contributed by atoms with Gasteiger partial charge >= 0.3 is 5.97 Å². The monoisotopic (exact) mass is 342 g/mol. The normalized spacial score (nSPS) is 30.4. The van der Waals surface area contributed by atoms with Crippen molar-refractivity contribution in [3.63, 3.8) is 0 Å². The van der Waals surface area contributed by atoms with Crippen molar-refractivity contribution in [3.05, 3.63) is 29.8 Å². The third kappa shape index (κ3) is 4.22. The van der Waals surface area contributed by atoms with E-state index in [1.54, 1.807) is 0 Å². The molecule has 1 aliphatic rings. The summed E-state index contributed by atoms with van der Waals surface area (Å²) in [4.78, 5) is 11.6. The van der Waals surface area contributed by atoms with Crippen LogP contribution in [0.15, 0.2) is 24.3 Å². The minimum atomic E-state index is -1.71. The number of esters is 1. The van der Waals surface area contributed by atoms with Crippen molar-refractivity contribution in [3.8, 4) is 11.5 Å². The first-order valence-corrected chi connectivity index (χ1v) is 7.04. The van der Waals surface area contributed by atoms with Crippen molar-refractivity contribution in [1.82, 2.24) is 0 Å². The third-order valence-electron chi connectivity index (χ3n) is 3.49. The number of aliphatic hydroxyl groups is 4. The largest absolute Gasteiger partial charge is 0.504 e. The van der Waals surface area contributed by atoms with E-state index in [4.69, 9.17) is 9.47 Å². The van der Waals surface area contributed by atoms with Crippen molar-refractivity contribution in [2.45, 2.75) is 30.7 Å². The Morgan fingerprint density at radius 3 is 2.46 bits per heavy atom. The highest BCUT2D eigenvalue weighted by molar-refractivity contribution is 5.87. The Morgan fingerprint density at radius 1 is 1.08 bits per heavy atom. The lowest BCUT2D eigenvalue weighted by molar-refractivity contribution is -0.287. The first-order chi connectivity index (χ1) is 11.3. The number of carbonyl (C=O) groups excluding carboxylic acids is 1. The molecule has 1 aromatic carbocycles. The molecule has 132 valence electrons. The molecule has 24 heavy (non-hydrogen) atoms. The highest BCUT2D eigenvalue weighted by atomic mass is 16.6. The predicted octanol–water partition coefficient (Wildman–Crippen LogP) is -1.55. The summed E-state index contributed by atoms with van der Waals surface area (Å²) in [5, 5.41) is 56.4. The van der Waals surface area contributed by atoms with Crippen LogP contribution in [0, 0.1) is 0 Å². The fraction of sp³-hybridized carbons (Fsp3) is 0.400. The Hall–Kier alpha value is -2.17. The molecule has 1 fully saturated rings. The number of hydrogen-bond donors (Lipinski definition) is 6. The van der Waals surface area contributed by atoms with Crippen LogP contribution in [-0.4, -0.2) is 73.9 Å². The lowest BCUT2D eigenvalue weighted by atomic mass is 9.99. The van der Waals surface area contributed by atoms with Crippen molar-refractivity contribution in [2.24, 2.45) is 0 Å². The van der Waals surface area contributed by atoms with Gasteiger partial charge in [-0.1, -0.05) is 6.07 Å². The second kappa shape index (κ2) is 7.60. The maximum Gasteiger partial charge on any atom is 0.330 e. The maximum absolute atomic E-state index is 11.6. The van der Waals surface area contributed by atoms with E-state index in [2.05, 4.69) is 0 Å². The van der Waals surface area contributed by atoms with E-state index >= 15 is 0 Å². The van der Waals surface area contributed by atoms with Crippen LogP contribution in [0.5, 0.6) is 11.5 Å². The molecule has 1 heterocycles. The first kappa shape index (κ1) is 18.2. The molecule has 9 heteroatoms. The van der Waals surface area contributed by atoms with Crippen LogP contribution in [0.25, 0.3) is 6.08 Å². The predicted molar refractivity (Wildman–Crippen MR) is 78.7 cm³/mol. The Morgan fingerprint density at radius 2 is 1.79 bits per heavy atom. The molecule has 6 N–H and O–H groups in total. The maximum atomic E-state index is 11.6. The van der Waals surface area contributed by atoms with E-state index in [9.17, 15) is 35.4 Å². The minimum absolute atomic E-state index is 0.294. The third-order valence-corrected chi connectivity index (χ3v) is 3.49. The quantitative estimate of drug-likeness (QED) is 0.217. The van der Waals surface area contributed by atoms with Crippen LogP contribution < -0.4 is 0 Å². The van der Waals surface area contributed by atoms with Crippen LogP contribution in [0.4, 0.5) is 0 Å². The van der Waals surface area contributed by atoms with E-state index in [0.717, 1.165) is 6.08 Å². The summed E-state index contributed by atoms with van der Waals surface area (Å²) in [6, 6.07) is 3.95. The smallest absolute Gasteiger partial charge is 0.330 e. The van der Waals surface area contributed by atoms with E-state index in [1.165, 1.54) is 24.3 Å². The lowest BCUT2D eigenvalue weighted by Crippen LogP contribution is -2.58. The summed E-state index contributed by atoms with van der Waals surface area (Å²) in [7, 11) is 0. The van der Waals surface area contributed by atoms with E-state index in [0.29, 0.717) is 5.56 Å². The van der Waals surface area contributed by atoms with Crippen molar-refractivity contribution < 1.29 is 44.9 Å². The number of phenolic OH excluding ortho intramolecular Hbond substituents is 2. The van der Waals surface area contributed by atoms with Crippen LogP contribution in [-0.2, 0) is 14.3 Å². The summed E-state index contributed by atoms with van der Waals surface area (Å²) in [5.41, 5.74) is 0.435. The number of benzene rings is 1. The molecular formula is C15H18O9. The van der Waals surface area contributed by atoms with Gasteiger partial charge in [-0.05, 0) is 23.8 Å². The molecule has 0 amide bonds. The molecule has 2 rings (SSSR count). The summed E-state index contributed by atoms with van der Waals surface area (Å²) >= 11 is 0. The van der Waals surface area contributed by atoms with Gasteiger partial charge in [-0.3, -0.25) is 0 Å². The first-order valence-electron chi connectivity index (χ1n) is 7.04. The molecule has 9 nitrogen and oxygen atoms in total. The molecule has 0 aromatic heterocycles. The summed E-state index contributed by atoms with van der Waals surface area (Å²) in [5.74, 6) is -1.43. The molecule has 0 radical (unpaired) electrons. The zero-order valence-corrected chi connectivity index (χ0v) is 12.4. The highest BCUT2D eigenvalue weighted by Crippen LogP contribution is 2.25. The van der Waals surface area contributed by atoms with Gasteiger partial charge < -0.3 is 40.1 Å². The number of ether oxygens (including phenoxy) is 2. The van der Waals surface area contributed by atoms with Gasteiger partial charge in [-0.25, -0.2) is 4.79 Å².